The van der Waals surface area contributed by atoms with Crippen LogP contribution in [0.5, 0.6) is 0 Å². The first-order chi connectivity index (χ1) is 7.13. The maximum absolute atomic E-state index is 11.5. The van der Waals surface area contributed by atoms with Crippen molar-refractivity contribution in [3.05, 3.63) is 24.0 Å². The zero-order valence-electron chi connectivity index (χ0n) is 9.16. The van der Waals surface area contributed by atoms with E-state index in [0.717, 1.165) is 17.7 Å². The summed E-state index contributed by atoms with van der Waals surface area (Å²) in [6, 6.07) is 1.79. The molecule has 1 atom stereocenters. The van der Waals surface area contributed by atoms with Crippen LogP contribution in [0.2, 0.25) is 0 Å². The topological polar surface area (TPSA) is 68.0 Å². The lowest BCUT2D eigenvalue weighted by molar-refractivity contribution is -0.116. The van der Waals surface area contributed by atoms with Crippen LogP contribution in [0.3, 0.4) is 0 Å². The molecule has 1 aromatic rings. The van der Waals surface area contributed by atoms with Gasteiger partial charge in [-0.25, -0.2) is 0 Å². The number of anilines is 1. The van der Waals surface area contributed by atoms with Crippen LogP contribution in [0.4, 0.5) is 5.69 Å². The quantitative estimate of drug-likeness (QED) is 0.785. The molecule has 3 N–H and O–H groups in total. The number of carbonyl (C=O) groups is 1. The molecule has 1 unspecified atom stereocenters. The number of pyridine rings is 1. The Morgan fingerprint density at radius 3 is 3.00 bits per heavy atom. The Morgan fingerprint density at radius 1 is 1.67 bits per heavy atom. The zero-order chi connectivity index (χ0) is 11.3. The average molecular weight is 207 g/mol. The number of rotatable bonds is 4. The molecular weight excluding hydrogens is 190 g/mol. The summed E-state index contributed by atoms with van der Waals surface area (Å²) in [5.41, 5.74) is 7.45. The van der Waals surface area contributed by atoms with Crippen LogP contribution < -0.4 is 11.1 Å². The molecule has 4 nitrogen and oxygen atoms in total. The van der Waals surface area contributed by atoms with Crippen molar-refractivity contribution in [1.82, 2.24) is 4.98 Å². The minimum atomic E-state index is -0.0676. The summed E-state index contributed by atoms with van der Waals surface area (Å²) in [5.74, 6) is -0.0551. The van der Waals surface area contributed by atoms with Gasteiger partial charge in [0.2, 0.25) is 5.91 Å². The number of amides is 1. The van der Waals surface area contributed by atoms with E-state index in [4.69, 9.17) is 5.73 Å². The number of nitrogens with one attached hydrogen (secondary N) is 1. The SMILES string of the molecule is CCC(N)CC(=O)Nc1cnccc1C. The molecule has 1 heterocycles. The van der Waals surface area contributed by atoms with Gasteiger partial charge in [-0.15, -0.1) is 0 Å². The van der Waals surface area contributed by atoms with Gasteiger partial charge in [-0.05, 0) is 25.0 Å². The molecule has 0 fully saturated rings. The van der Waals surface area contributed by atoms with Crippen LogP contribution >= 0.6 is 0 Å². The smallest absolute Gasteiger partial charge is 0.225 e. The maximum Gasteiger partial charge on any atom is 0.225 e. The minimum Gasteiger partial charge on any atom is -0.327 e. The van der Waals surface area contributed by atoms with E-state index in [0.29, 0.717) is 6.42 Å². The lowest BCUT2D eigenvalue weighted by Gasteiger charge is -2.10. The fourth-order valence-corrected chi connectivity index (χ4v) is 1.18. The number of nitrogens with zero attached hydrogens (tertiary/aromatic N) is 1. The van der Waals surface area contributed by atoms with Gasteiger partial charge < -0.3 is 11.1 Å². The number of nitrogens with two attached hydrogens (primary N) is 1. The zero-order valence-corrected chi connectivity index (χ0v) is 9.16. The van der Waals surface area contributed by atoms with Gasteiger partial charge in [-0.3, -0.25) is 9.78 Å². The van der Waals surface area contributed by atoms with Gasteiger partial charge in [0.1, 0.15) is 0 Å². The second-order valence-corrected chi connectivity index (χ2v) is 3.61. The fourth-order valence-electron chi connectivity index (χ4n) is 1.18. The Morgan fingerprint density at radius 2 is 2.40 bits per heavy atom. The molecular formula is C11H17N3O. The Hall–Kier alpha value is -1.42. The summed E-state index contributed by atoms with van der Waals surface area (Å²) >= 11 is 0. The number of hydrogen-bond acceptors (Lipinski definition) is 3. The highest BCUT2D eigenvalue weighted by molar-refractivity contribution is 5.91. The molecule has 1 rings (SSSR count). The van der Waals surface area contributed by atoms with Gasteiger partial charge >= 0.3 is 0 Å². The molecule has 0 aliphatic rings. The van der Waals surface area contributed by atoms with Crippen LogP contribution in [-0.2, 0) is 4.79 Å². The summed E-state index contributed by atoms with van der Waals surface area (Å²) < 4.78 is 0. The number of aromatic nitrogens is 1. The second-order valence-electron chi connectivity index (χ2n) is 3.61. The van der Waals surface area contributed by atoms with Gasteiger partial charge in [0.05, 0.1) is 11.9 Å². The average Bonchev–Trinajstić information content (AvgIpc) is 2.21. The highest BCUT2D eigenvalue weighted by Crippen LogP contribution is 2.11. The molecule has 0 bridgehead atoms. The largest absolute Gasteiger partial charge is 0.327 e. The first kappa shape index (κ1) is 11.7. The van der Waals surface area contributed by atoms with Crippen molar-refractivity contribution in [2.45, 2.75) is 32.7 Å². The van der Waals surface area contributed by atoms with E-state index in [2.05, 4.69) is 10.3 Å². The molecule has 1 amide bonds. The second kappa shape index (κ2) is 5.46. The third-order valence-corrected chi connectivity index (χ3v) is 2.29. The van der Waals surface area contributed by atoms with Crippen LogP contribution in [0.25, 0.3) is 0 Å². The van der Waals surface area contributed by atoms with E-state index < -0.39 is 0 Å². The molecule has 0 saturated heterocycles. The van der Waals surface area contributed by atoms with Crippen molar-refractivity contribution < 1.29 is 4.79 Å². The summed E-state index contributed by atoms with van der Waals surface area (Å²) in [4.78, 5) is 15.5. The van der Waals surface area contributed by atoms with Crippen LogP contribution in [0.15, 0.2) is 18.5 Å². The summed E-state index contributed by atoms with van der Waals surface area (Å²) in [7, 11) is 0. The molecule has 4 heteroatoms. The highest BCUT2D eigenvalue weighted by Gasteiger charge is 2.08. The predicted molar refractivity (Wildman–Crippen MR) is 60.5 cm³/mol. The van der Waals surface area contributed by atoms with Gasteiger partial charge in [0.15, 0.2) is 0 Å². The van der Waals surface area contributed by atoms with Crippen molar-refractivity contribution in [3.8, 4) is 0 Å². The monoisotopic (exact) mass is 207 g/mol. The molecule has 0 aromatic carbocycles. The molecule has 0 aliphatic heterocycles. The van der Waals surface area contributed by atoms with Crippen LogP contribution in [0, 0.1) is 6.92 Å². The summed E-state index contributed by atoms with van der Waals surface area (Å²) in [6.07, 6.45) is 4.50. The number of carbonyl (C=O) groups excluding carboxylic acids is 1. The van der Waals surface area contributed by atoms with E-state index in [9.17, 15) is 4.79 Å². The van der Waals surface area contributed by atoms with Gasteiger partial charge in [0.25, 0.3) is 0 Å². The van der Waals surface area contributed by atoms with E-state index >= 15 is 0 Å². The van der Waals surface area contributed by atoms with Crippen molar-refractivity contribution in [2.75, 3.05) is 5.32 Å². The van der Waals surface area contributed by atoms with E-state index in [1.807, 2.05) is 19.9 Å². The normalized spacial score (nSPS) is 12.2. The first-order valence-corrected chi connectivity index (χ1v) is 5.09. The molecule has 0 aliphatic carbocycles. The van der Waals surface area contributed by atoms with E-state index in [-0.39, 0.29) is 11.9 Å². The van der Waals surface area contributed by atoms with E-state index in [1.54, 1.807) is 12.4 Å². The molecule has 1 aromatic heterocycles. The Kier molecular flexibility index (Phi) is 4.24. The minimum absolute atomic E-state index is 0.0551. The highest BCUT2D eigenvalue weighted by atomic mass is 16.1. The van der Waals surface area contributed by atoms with Crippen molar-refractivity contribution in [2.24, 2.45) is 5.73 Å². The first-order valence-electron chi connectivity index (χ1n) is 5.09. The van der Waals surface area contributed by atoms with Crippen molar-refractivity contribution in [3.63, 3.8) is 0 Å². The third-order valence-electron chi connectivity index (χ3n) is 2.29. The lowest BCUT2D eigenvalue weighted by atomic mass is 10.1. The van der Waals surface area contributed by atoms with Crippen molar-refractivity contribution in [1.29, 1.82) is 0 Å². The molecule has 0 spiro atoms. The lowest BCUT2D eigenvalue weighted by Crippen LogP contribution is -2.26. The van der Waals surface area contributed by atoms with Crippen LogP contribution in [0.1, 0.15) is 25.3 Å². The van der Waals surface area contributed by atoms with E-state index in [1.165, 1.54) is 0 Å². The fraction of sp³-hybridized carbons (Fsp3) is 0.455. The standard InChI is InChI=1S/C11H17N3O/c1-3-9(12)6-11(15)14-10-7-13-5-4-8(10)2/h4-5,7,9H,3,6,12H2,1-2H3,(H,14,15). The van der Waals surface area contributed by atoms with Gasteiger partial charge in [-0.1, -0.05) is 6.92 Å². The summed E-state index contributed by atoms with van der Waals surface area (Å²) in [5, 5.41) is 2.79. The van der Waals surface area contributed by atoms with Crippen molar-refractivity contribution >= 4 is 11.6 Å². The molecule has 82 valence electrons. The number of hydrogen-bond donors (Lipinski definition) is 2. The van der Waals surface area contributed by atoms with Crippen LogP contribution in [-0.4, -0.2) is 16.9 Å². The van der Waals surface area contributed by atoms with Gasteiger partial charge in [0, 0.05) is 18.7 Å². The predicted octanol–water partition coefficient (Wildman–Crippen LogP) is 1.46. The number of aryl methyl sites for hydroxylation is 1. The molecule has 0 radical (unpaired) electrons. The van der Waals surface area contributed by atoms with Gasteiger partial charge in [-0.2, -0.15) is 0 Å². The Bertz CT molecular complexity index is 338. The maximum atomic E-state index is 11.5. The Balaban J connectivity index is 2.55. The summed E-state index contributed by atoms with van der Waals surface area (Å²) in [6.45, 7) is 3.89. The molecule has 0 saturated carbocycles. The third kappa shape index (κ3) is 3.67. The Labute approximate surface area is 89.9 Å². The molecule has 15 heavy (non-hydrogen) atoms.